The lowest BCUT2D eigenvalue weighted by Crippen LogP contribution is -2.40. The van der Waals surface area contributed by atoms with Crippen LogP contribution in [0.3, 0.4) is 0 Å². The largest absolute Gasteiger partial charge is 0.481 e. The van der Waals surface area contributed by atoms with Gasteiger partial charge < -0.3 is 20.1 Å². The molecule has 3 aromatic rings. The molecular weight excluding hydrogens is 449 g/mol. The van der Waals surface area contributed by atoms with E-state index < -0.39 is 0 Å². The Kier molecular flexibility index (Phi) is 5.32. The zero-order valence-electron chi connectivity index (χ0n) is 19.7. The van der Waals surface area contributed by atoms with Crippen LogP contribution in [0, 0.1) is 11.2 Å². The lowest BCUT2D eigenvalue weighted by Gasteiger charge is -2.29. The fourth-order valence-corrected chi connectivity index (χ4v) is 6.11. The smallest absolute Gasteiger partial charge is 0.263 e. The van der Waals surface area contributed by atoms with Crippen molar-refractivity contribution in [1.82, 2.24) is 20.3 Å². The second-order valence-electron chi connectivity index (χ2n) is 10.1. The zero-order valence-corrected chi connectivity index (χ0v) is 19.7. The molecule has 0 saturated heterocycles. The summed E-state index contributed by atoms with van der Waals surface area (Å²) in [7, 11) is 1.56. The second kappa shape index (κ2) is 8.41. The van der Waals surface area contributed by atoms with Crippen molar-refractivity contribution in [2.75, 3.05) is 19.0 Å². The summed E-state index contributed by atoms with van der Waals surface area (Å²) in [5.41, 5.74) is 3.07. The van der Waals surface area contributed by atoms with Crippen LogP contribution in [0.4, 0.5) is 10.2 Å². The first-order valence-corrected chi connectivity index (χ1v) is 12.1. The van der Waals surface area contributed by atoms with Crippen LogP contribution in [-0.4, -0.2) is 40.1 Å². The van der Waals surface area contributed by atoms with Crippen molar-refractivity contribution in [3.63, 3.8) is 0 Å². The van der Waals surface area contributed by atoms with Gasteiger partial charge in [-0.3, -0.25) is 9.78 Å². The molecular formula is C26H28FN5O3. The molecule has 2 aliphatic carbocycles. The molecule has 3 aliphatic rings. The van der Waals surface area contributed by atoms with Gasteiger partial charge in [-0.15, -0.1) is 0 Å². The first-order valence-electron chi connectivity index (χ1n) is 12.1. The number of halogens is 1. The van der Waals surface area contributed by atoms with E-state index >= 15 is 0 Å². The molecule has 0 aromatic carbocycles. The Labute approximate surface area is 202 Å². The number of aromatic nitrogens is 3. The minimum Gasteiger partial charge on any atom is -0.481 e. The van der Waals surface area contributed by atoms with Crippen molar-refractivity contribution in [2.24, 2.45) is 5.41 Å². The molecule has 0 spiro atoms. The van der Waals surface area contributed by atoms with Crippen LogP contribution >= 0.6 is 0 Å². The summed E-state index contributed by atoms with van der Waals surface area (Å²) in [6.07, 6.45) is 8.39. The summed E-state index contributed by atoms with van der Waals surface area (Å²) in [5.74, 6) is 1.08. The first kappa shape index (κ1) is 22.2. The third-order valence-electron chi connectivity index (χ3n) is 8.01. The standard InChI is InChI=1S/C26H28FN5O3/c1-34-22-5-3-19-23(32-22)17(18(27)13-28-19)6-7-25-8-10-26(15-25,11-9-25)29-12-16-2-4-20-24(30-16)31-21(33)14-35-20/h2-5,13,29H,6-12,14-15H2,1H3,(H,30,31,33). The van der Waals surface area contributed by atoms with Gasteiger partial charge in [0.2, 0.25) is 5.88 Å². The predicted molar refractivity (Wildman–Crippen MR) is 128 cm³/mol. The summed E-state index contributed by atoms with van der Waals surface area (Å²) in [4.78, 5) is 24.9. The number of anilines is 1. The van der Waals surface area contributed by atoms with Crippen molar-refractivity contribution in [3.8, 4) is 11.6 Å². The lowest BCUT2D eigenvalue weighted by atomic mass is 9.79. The van der Waals surface area contributed by atoms with E-state index in [2.05, 4.69) is 25.6 Å². The summed E-state index contributed by atoms with van der Waals surface area (Å²) in [6, 6.07) is 7.38. The number of fused-ring (bicyclic) bond motifs is 4. The number of rotatable bonds is 7. The third-order valence-corrected chi connectivity index (χ3v) is 8.01. The molecule has 35 heavy (non-hydrogen) atoms. The highest BCUT2D eigenvalue weighted by molar-refractivity contribution is 5.94. The fraction of sp³-hybridized carbons (Fsp3) is 0.462. The van der Waals surface area contributed by atoms with Crippen LogP contribution in [-0.2, 0) is 17.8 Å². The van der Waals surface area contributed by atoms with Gasteiger partial charge in [0, 0.05) is 23.7 Å². The first-order chi connectivity index (χ1) is 17.0. The number of pyridine rings is 3. The Balaban J connectivity index is 1.13. The normalized spacial score (nSPS) is 24.8. The molecule has 8 nitrogen and oxygen atoms in total. The Morgan fingerprint density at radius 2 is 2.03 bits per heavy atom. The molecule has 3 aromatic heterocycles. The molecule has 1 amide bonds. The Bertz CT molecular complexity index is 1310. The second-order valence-corrected chi connectivity index (χ2v) is 10.1. The van der Waals surface area contributed by atoms with Crippen molar-refractivity contribution < 1.29 is 18.7 Å². The summed E-state index contributed by atoms with van der Waals surface area (Å²) < 4.78 is 25.5. The van der Waals surface area contributed by atoms with Crippen LogP contribution in [0.1, 0.15) is 49.8 Å². The lowest BCUT2D eigenvalue weighted by molar-refractivity contribution is -0.118. The van der Waals surface area contributed by atoms with Crippen molar-refractivity contribution in [1.29, 1.82) is 0 Å². The molecule has 0 atom stereocenters. The van der Waals surface area contributed by atoms with E-state index in [9.17, 15) is 9.18 Å². The number of ether oxygens (including phenoxy) is 2. The van der Waals surface area contributed by atoms with Gasteiger partial charge >= 0.3 is 0 Å². The molecule has 6 rings (SSSR count). The van der Waals surface area contributed by atoms with Gasteiger partial charge in [0.05, 0.1) is 30.0 Å². The predicted octanol–water partition coefficient (Wildman–Crippen LogP) is 3.93. The number of hydrogen-bond acceptors (Lipinski definition) is 7. The number of amides is 1. The van der Waals surface area contributed by atoms with E-state index in [-0.39, 0.29) is 29.3 Å². The van der Waals surface area contributed by atoms with Gasteiger partial charge in [-0.2, -0.15) is 0 Å². The number of nitrogens with one attached hydrogen (secondary N) is 2. The molecule has 0 radical (unpaired) electrons. The van der Waals surface area contributed by atoms with Crippen LogP contribution in [0.15, 0.2) is 30.5 Å². The Hall–Kier alpha value is -3.33. The minimum absolute atomic E-state index is 0.0280. The molecule has 2 N–H and O–H groups in total. The van der Waals surface area contributed by atoms with E-state index in [1.54, 1.807) is 13.2 Å². The number of carbonyl (C=O) groups excluding carboxylic acids is 1. The molecule has 2 saturated carbocycles. The van der Waals surface area contributed by atoms with E-state index in [0.29, 0.717) is 47.0 Å². The van der Waals surface area contributed by atoms with Crippen molar-refractivity contribution in [3.05, 3.63) is 47.5 Å². The van der Waals surface area contributed by atoms with Crippen LogP contribution in [0.25, 0.3) is 11.0 Å². The number of methoxy groups -OCH3 is 1. The van der Waals surface area contributed by atoms with Gasteiger partial charge in [0.15, 0.2) is 18.2 Å². The fourth-order valence-electron chi connectivity index (χ4n) is 6.11. The summed E-state index contributed by atoms with van der Waals surface area (Å²) in [6.45, 7) is 0.660. The zero-order chi connectivity index (χ0) is 24.0. The Morgan fingerprint density at radius 1 is 1.17 bits per heavy atom. The summed E-state index contributed by atoms with van der Waals surface area (Å²) >= 11 is 0. The molecule has 9 heteroatoms. The van der Waals surface area contributed by atoms with Gasteiger partial charge in [0.1, 0.15) is 5.82 Å². The monoisotopic (exact) mass is 477 g/mol. The summed E-state index contributed by atoms with van der Waals surface area (Å²) in [5, 5.41) is 6.54. The van der Waals surface area contributed by atoms with Crippen molar-refractivity contribution >= 4 is 22.8 Å². The van der Waals surface area contributed by atoms with E-state index in [1.165, 1.54) is 6.20 Å². The molecule has 1 aliphatic heterocycles. The molecule has 2 bridgehead atoms. The molecule has 182 valence electrons. The van der Waals surface area contributed by atoms with Crippen LogP contribution in [0.5, 0.6) is 11.6 Å². The molecule has 0 unspecified atom stereocenters. The highest BCUT2D eigenvalue weighted by Gasteiger charge is 2.53. The molecule has 4 heterocycles. The van der Waals surface area contributed by atoms with Gasteiger partial charge in [-0.1, -0.05) is 0 Å². The highest BCUT2D eigenvalue weighted by atomic mass is 19.1. The average Bonchev–Trinajstić information content (AvgIpc) is 3.43. The molecule has 2 fully saturated rings. The van der Waals surface area contributed by atoms with Crippen LogP contribution in [0.2, 0.25) is 0 Å². The van der Waals surface area contributed by atoms with Gasteiger partial charge in [-0.05, 0) is 68.6 Å². The maximum atomic E-state index is 14.8. The highest BCUT2D eigenvalue weighted by Crippen LogP contribution is 2.58. The average molecular weight is 478 g/mol. The number of hydrogen-bond donors (Lipinski definition) is 2. The van der Waals surface area contributed by atoms with E-state index in [4.69, 9.17) is 9.47 Å². The number of aryl methyl sites for hydroxylation is 1. The SMILES string of the molecule is COc1ccc2ncc(F)c(CCC34CCC(NCc5ccc6c(n5)NC(=O)CO6)(CC3)C4)c2n1. The maximum Gasteiger partial charge on any atom is 0.263 e. The van der Waals surface area contributed by atoms with Crippen molar-refractivity contribution in [2.45, 2.75) is 57.0 Å². The van der Waals surface area contributed by atoms with E-state index in [1.807, 2.05) is 18.2 Å². The number of nitrogens with zero attached hydrogens (tertiary/aromatic N) is 3. The van der Waals surface area contributed by atoms with Gasteiger partial charge in [0.25, 0.3) is 5.91 Å². The minimum atomic E-state index is -0.301. The van der Waals surface area contributed by atoms with Gasteiger partial charge in [-0.25, -0.2) is 14.4 Å². The maximum absolute atomic E-state index is 14.8. The van der Waals surface area contributed by atoms with Crippen LogP contribution < -0.4 is 20.1 Å². The number of carbonyl (C=O) groups is 1. The Morgan fingerprint density at radius 3 is 2.86 bits per heavy atom. The topological polar surface area (TPSA) is 98.3 Å². The third kappa shape index (κ3) is 4.07. The van der Waals surface area contributed by atoms with E-state index in [0.717, 1.165) is 44.2 Å². The quantitative estimate of drug-likeness (QED) is 0.532.